The minimum absolute atomic E-state index is 0.746. The van der Waals surface area contributed by atoms with Gasteiger partial charge >= 0.3 is 0 Å². The lowest BCUT2D eigenvalue weighted by Crippen LogP contribution is -2.25. The first-order valence-corrected chi connectivity index (χ1v) is 4.22. The van der Waals surface area contributed by atoms with Crippen LogP contribution in [-0.4, -0.2) is 35.4 Å². The maximum atomic E-state index is 10.2. The van der Waals surface area contributed by atoms with Gasteiger partial charge in [-0.2, -0.15) is 11.8 Å². The fraction of sp³-hybridized carbons (Fsp3) is 0.833. The zero-order chi connectivity index (χ0) is 6.69. The third kappa shape index (κ3) is 2.26. The van der Waals surface area contributed by atoms with E-state index in [0.29, 0.717) is 0 Å². The van der Waals surface area contributed by atoms with Crippen molar-refractivity contribution in [2.75, 3.05) is 18.8 Å². The van der Waals surface area contributed by atoms with Gasteiger partial charge in [0.1, 0.15) is 0 Å². The number of hydrogen-bond acceptors (Lipinski definition) is 2. The van der Waals surface area contributed by atoms with Crippen LogP contribution in [0.2, 0.25) is 0 Å². The molecule has 9 heavy (non-hydrogen) atoms. The van der Waals surface area contributed by atoms with Crippen LogP contribution in [0, 0.1) is 0 Å². The van der Waals surface area contributed by atoms with Crippen LogP contribution in [-0.2, 0) is 4.79 Å². The van der Waals surface area contributed by atoms with Crippen LogP contribution in [0.4, 0.5) is 0 Å². The molecule has 1 rings (SSSR count). The van der Waals surface area contributed by atoms with Gasteiger partial charge in [-0.05, 0) is 6.92 Å². The summed E-state index contributed by atoms with van der Waals surface area (Å²) in [6.45, 7) is 3.80. The number of amides is 1. The Morgan fingerprint density at radius 3 is 2.89 bits per heavy atom. The van der Waals surface area contributed by atoms with Gasteiger partial charge in [0.25, 0.3) is 0 Å². The van der Waals surface area contributed by atoms with Crippen molar-refractivity contribution in [3.05, 3.63) is 0 Å². The van der Waals surface area contributed by atoms with E-state index in [1.54, 1.807) is 0 Å². The van der Waals surface area contributed by atoms with Crippen LogP contribution in [0.25, 0.3) is 0 Å². The minimum Gasteiger partial charge on any atom is -0.344 e. The first-order valence-electron chi connectivity index (χ1n) is 3.17. The van der Waals surface area contributed by atoms with Crippen LogP contribution in [0.5, 0.6) is 0 Å². The molecule has 1 unspecified atom stereocenters. The van der Waals surface area contributed by atoms with E-state index in [0.717, 1.165) is 24.7 Å². The van der Waals surface area contributed by atoms with E-state index in [-0.39, 0.29) is 0 Å². The lowest BCUT2D eigenvalue weighted by Gasteiger charge is -2.11. The monoisotopic (exact) mass is 145 g/mol. The molecule has 1 heterocycles. The summed E-state index contributed by atoms with van der Waals surface area (Å²) < 4.78 is 0. The van der Waals surface area contributed by atoms with E-state index < -0.39 is 0 Å². The van der Waals surface area contributed by atoms with Crippen molar-refractivity contribution >= 4 is 18.2 Å². The highest BCUT2D eigenvalue weighted by atomic mass is 32.2. The first-order chi connectivity index (χ1) is 4.36. The van der Waals surface area contributed by atoms with Crippen molar-refractivity contribution in [2.45, 2.75) is 12.2 Å². The van der Waals surface area contributed by atoms with E-state index in [1.807, 2.05) is 23.6 Å². The highest BCUT2D eigenvalue weighted by Crippen LogP contribution is 2.30. The highest BCUT2D eigenvalue weighted by molar-refractivity contribution is 8.06. The molecule has 0 spiro atoms. The summed E-state index contributed by atoms with van der Waals surface area (Å²) in [5, 5.41) is 0.746. The zero-order valence-electron chi connectivity index (χ0n) is 5.54. The molecule has 0 aromatic rings. The summed E-state index contributed by atoms with van der Waals surface area (Å²) >= 11 is 1.93. The smallest absolute Gasteiger partial charge is 0.209 e. The fourth-order valence-electron chi connectivity index (χ4n) is 0.682. The van der Waals surface area contributed by atoms with Gasteiger partial charge in [0.2, 0.25) is 6.41 Å². The molecule has 0 radical (unpaired) electrons. The second kappa shape index (κ2) is 3.11. The second-order valence-corrected chi connectivity index (χ2v) is 3.48. The Morgan fingerprint density at radius 1 is 1.89 bits per heavy atom. The summed E-state index contributed by atoms with van der Waals surface area (Å²) in [5.74, 6) is 1.24. The van der Waals surface area contributed by atoms with Crippen LogP contribution in [0.15, 0.2) is 0 Å². The molecule has 1 atom stereocenters. The summed E-state index contributed by atoms with van der Waals surface area (Å²) in [4.78, 5) is 12.0. The van der Waals surface area contributed by atoms with Gasteiger partial charge in [-0.15, -0.1) is 0 Å². The molecule has 0 bridgehead atoms. The maximum absolute atomic E-state index is 10.2. The molecule has 1 fully saturated rings. The van der Waals surface area contributed by atoms with E-state index in [4.69, 9.17) is 0 Å². The molecule has 1 saturated heterocycles. The SMILES string of the molecule is CCN(C=O)CC1CS1. The molecule has 1 amide bonds. The molecular formula is C6H11NOS. The average Bonchev–Trinajstić information content (AvgIpc) is 2.66. The lowest BCUT2D eigenvalue weighted by atomic mass is 10.4. The largest absolute Gasteiger partial charge is 0.344 e. The van der Waals surface area contributed by atoms with Gasteiger partial charge in [0.15, 0.2) is 0 Å². The first kappa shape index (κ1) is 6.93. The predicted molar refractivity (Wildman–Crippen MR) is 39.6 cm³/mol. The third-order valence-corrected chi connectivity index (χ3v) is 2.35. The Labute approximate surface area is 59.6 Å². The molecule has 3 heteroatoms. The quantitative estimate of drug-likeness (QED) is 0.426. The topological polar surface area (TPSA) is 20.3 Å². The standard InChI is InChI=1S/C6H11NOS/c1-2-7(5-8)3-6-4-9-6/h5-6H,2-4H2,1H3. The Morgan fingerprint density at radius 2 is 2.56 bits per heavy atom. The summed E-state index contributed by atoms with van der Waals surface area (Å²) in [7, 11) is 0. The van der Waals surface area contributed by atoms with Crippen LogP contribution >= 0.6 is 11.8 Å². The molecule has 0 saturated carbocycles. The van der Waals surface area contributed by atoms with Crippen molar-refractivity contribution < 1.29 is 4.79 Å². The van der Waals surface area contributed by atoms with E-state index in [1.165, 1.54) is 5.75 Å². The summed E-state index contributed by atoms with van der Waals surface area (Å²) in [5.41, 5.74) is 0. The van der Waals surface area contributed by atoms with Crippen LogP contribution < -0.4 is 0 Å². The maximum Gasteiger partial charge on any atom is 0.209 e. The van der Waals surface area contributed by atoms with E-state index in [2.05, 4.69) is 0 Å². The molecular weight excluding hydrogens is 134 g/mol. The number of nitrogens with zero attached hydrogens (tertiary/aromatic N) is 1. The van der Waals surface area contributed by atoms with Crippen molar-refractivity contribution in [1.82, 2.24) is 4.90 Å². The van der Waals surface area contributed by atoms with Crippen molar-refractivity contribution in [3.8, 4) is 0 Å². The van der Waals surface area contributed by atoms with Gasteiger partial charge in [-0.1, -0.05) is 0 Å². The highest BCUT2D eigenvalue weighted by Gasteiger charge is 2.23. The Hall–Kier alpha value is -0.180. The van der Waals surface area contributed by atoms with Gasteiger partial charge in [0, 0.05) is 24.1 Å². The molecule has 2 nitrogen and oxygen atoms in total. The Kier molecular flexibility index (Phi) is 2.39. The second-order valence-electron chi connectivity index (χ2n) is 2.15. The van der Waals surface area contributed by atoms with Crippen molar-refractivity contribution in [1.29, 1.82) is 0 Å². The van der Waals surface area contributed by atoms with Gasteiger partial charge in [-0.25, -0.2) is 0 Å². The molecule has 0 aromatic carbocycles. The van der Waals surface area contributed by atoms with Crippen molar-refractivity contribution in [3.63, 3.8) is 0 Å². The van der Waals surface area contributed by atoms with Crippen LogP contribution in [0.1, 0.15) is 6.92 Å². The summed E-state index contributed by atoms with van der Waals surface area (Å²) in [6.07, 6.45) is 0.929. The van der Waals surface area contributed by atoms with Gasteiger partial charge in [0.05, 0.1) is 0 Å². The number of rotatable bonds is 4. The number of carbonyl (C=O) groups excluding carboxylic acids is 1. The zero-order valence-corrected chi connectivity index (χ0v) is 6.36. The molecule has 1 aliphatic heterocycles. The van der Waals surface area contributed by atoms with Gasteiger partial charge in [-0.3, -0.25) is 4.79 Å². The van der Waals surface area contributed by atoms with E-state index >= 15 is 0 Å². The molecule has 0 aliphatic carbocycles. The van der Waals surface area contributed by atoms with Gasteiger partial charge < -0.3 is 4.90 Å². The molecule has 52 valence electrons. The minimum atomic E-state index is 0.746. The number of thioether (sulfide) groups is 1. The molecule has 1 aliphatic rings. The molecule has 0 N–H and O–H groups in total. The Bertz CT molecular complexity index is 103. The van der Waals surface area contributed by atoms with Crippen molar-refractivity contribution in [2.24, 2.45) is 0 Å². The average molecular weight is 145 g/mol. The summed E-state index contributed by atoms with van der Waals surface area (Å²) in [6, 6.07) is 0. The van der Waals surface area contributed by atoms with E-state index in [9.17, 15) is 4.79 Å². The number of carbonyl (C=O) groups is 1. The normalized spacial score (nSPS) is 23.4. The van der Waals surface area contributed by atoms with Crippen LogP contribution in [0.3, 0.4) is 0 Å². The third-order valence-electron chi connectivity index (χ3n) is 1.40. The number of hydrogen-bond donors (Lipinski definition) is 0. The predicted octanol–water partition coefficient (Wildman–Crippen LogP) is 0.580. The fourth-order valence-corrected chi connectivity index (χ4v) is 1.22. The molecule has 0 aromatic heterocycles. The lowest BCUT2D eigenvalue weighted by molar-refractivity contribution is -0.117. The Balaban J connectivity index is 2.12.